The number of halogens is 1. The van der Waals surface area contributed by atoms with E-state index < -0.39 is 20.2 Å². The molecule has 6 nitrogen and oxygen atoms in total. The van der Waals surface area contributed by atoms with Crippen LogP contribution in [0.2, 0.25) is 0 Å². The van der Waals surface area contributed by atoms with E-state index in [1.54, 1.807) is 0 Å². The van der Waals surface area contributed by atoms with E-state index in [2.05, 4.69) is 0 Å². The van der Waals surface area contributed by atoms with Crippen molar-refractivity contribution in [3.05, 3.63) is 39.9 Å². The zero-order valence-corrected chi connectivity index (χ0v) is 9.41. The van der Waals surface area contributed by atoms with Crippen LogP contribution in [0.3, 0.4) is 0 Å². The third kappa shape index (κ3) is 2.23. The molecule has 0 amide bonds. The number of nitrogens with zero attached hydrogens (tertiary/aromatic N) is 1. The first kappa shape index (κ1) is 11.9. The van der Waals surface area contributed by atoms with Crippen LogP contribution in [-0.4, -0.2) is 21.1 Å². The molecule has 0 fully saturated rings. The van der Waals surface area contributed by atoms with Crippen LogP contribution in [0.15, 0.2) is 24.3 Å². The molecule has 2 N–H and O–H groups in total. The van der Waals surface area contributed by atoms with Gasteiger partial charge in [-0.2, -0.15) is 0 Å². The summed E-state index contributed by atoms with van der Waals surface area (Å²) in [7, 11) is 0. The van der Waals surface area contributed by atoms with Crippen molar-refractivity contribution in [2.75, 3.05) is 0 Å². The van der Waals surface area contributed by atoms with Gasteiger partial charge in [0.25, 0.3) is 5.69 Å². The van der Waals surface area contributed by atoms with Gasteiger partial charge in [0.15, 0.2) is 0 Å². The highest BCUT2D eigenvalue weighted by atomic mass is 127. The average molecular weight is 323 g/mol. The van der Waals surface area contributed by atoms with Gasteiger partial charge in [0.1, 0.15) is 0 Å². The van der Waals surface area contributed by atoms with E-state index >= 15 is 0 Å². The third-order valence-corrected chi connectivity index (χ3v) is 2.78. The second-order valence-electron chi connectivity index (χ2n) is 2.70. The number of carboxylic acids is 1. The minimum absolute atomic E-state index is 0.247. The molecule has 1 aromatic carbocycles. The highest BCUT2D eigenvalue weighted by Gasteiger charge is 2.40. The molecule has 0 aromatic heterocycles. The highest BCUT2D eigenvalue weighted by molar-refractivity contribution is 14.1. The quantitative estimate of drug-likeness (QED) is 0.377. The van der Waals surface area contributed by atoms with Crippen molar-refractivity contribution in [1.82, 2.24) is 0 Å². The Labute approximate surface area is 97.8 Å². The molecule has 0 bridgehead atoms. The summed E-state index contributed by atoms with van der Waals surface area (Å²) in [4.78, 5) is 20.6. The molecule has 0 heterocycles. The van der Waals surface area contributed by atoms with Crippen LogP contribution < -0.4 is 0 Å². The molecule has 0 saturated carbocycles. The lowest BCUT2D eigenvalue weighted by molar-refractivity contribution is -0.386. The second kappa shape index (κ2) is 4.11. The van der Waals surface area contributed by atoms with Crippen molar-refractivity contribution in [3.8, 4) is 0 Å². The molecule has 0 aliphatic carbocycles. The lowest BCUT2D eigenvalue weighted by atomic mass is 10.1. The van der Waals surface area contributed by atoms with Crippen LogP contribution in [0.1, 0.15) is 5.56 Å². The number of para-hydroxylation sites is 1. The maximum Gasteiger partial charge on any atom is 0.351 e. The molecular formula is C8H6INO5. The van der Waals surface area contributed by atoms with Crippen molar-refractivity contribution in [1.29, 1.82) is 0 Å². The number of carboxylic acid groups (broad SMARTS) is 1. The summed E-state index contributed by atoms with van der Waals surface area (Å²) in [5.74, 6) is -1.54. The van der Waals surface area contributed by atoms with Gasteiger partial charge in [-0.3, -0.25) is 10.1 Å². The monoisotopic (exact) mass is 323 g/mol. The fraction of sp³-hybridized carbons (Fsp3) is 0.125. The van der Waals surface area contributed by atoms with Gasteiger partial charge in [0, 0.05) is 6.07 Å². The van der Waals surface area contributed by atoms with Gasteiger partial charge in [-0.25, -0.2) is 4.79 Å². The summed E-state index contributed by atoms with van der Waals surface area (Å²) in [6, 6.07) is 5.17. The van der Waals surface area contributed by atoms with Crippen molar-refractivity contribution < 1.29 is 19.9 Å². The average Bonchev–Trinajstić information content (AvgIpc) is 2.17. The maximum atomic E-state index is 10.7. The number of hydrogen-bond donors (Lipinski definition) is 2. The molecule has 0 aliphatic rings. The minimum atomic E-state index is -2.29. The second-order valence-corrected chi connectivity index (χ2v) is 4.26. The van der Waals surface area contributed by atoms with Gasteiger partial charge in [-0.15, -0.1) is 0 Å². The van der Waals surface area contributed by atoms with Crippen LogP contribution in [-0.2, 0) is 8.40 Å². The van der Waals surface area contributed by atoms with Crippen molar-refractivity contribution in [3.63, 3.8) is 0 Å². The Morgan fingerprint density at radius 1 is 1.47 bits per heavy atom. The SMILES string of the molecule is O=C(O)C(O)(I)c1ccccc1[N+](=O)[O-]. The van der Waals surface area contributed by atoms with Gasteiger partial charge in [0.05, 0.1) is 10.5 Å². The van der Waals surface area contributed by atoms with E-state index in [4.69, 9.17) is 5.11 Å². The summed E-state index contributed by atoms with van der Waals surface area (Å²) in [5, 5.41) is 28.9. The normalized spacial score (nSPS) is 14.3. The Balaban J connectivity index is 3.37. The molecule has 80 valence electrons. The van der Waals surface area contributed by atoms with Crippen LogP contribution in [0.25, 0.3) is 0 Å². The van der Waals surface area contributed by atoms with Crippen LogP contribution in [0, 0.1) is 10.1 Å². The Morgan fingerprint density at radius 2 is 2.00 bits per heavy atom. The number of nitro benzene ring substituents is 1. The number of aliphatic hydroxyl groups is 1. The van der Waals surface area contributed by atoms with Gasteiger partial charge < -0.3 is 10.2 Å². The highest BCUT2D eigenvalue weighted by Crippen LogP contribution is 2.35. The van der Waals surface area contributed by atoms with Gasteiger partial charge in [0.2, 0.25) is 3.61 Å². The lowest BCUT2D eigenvalue weighted by Gasteiger charge is -2.15. The lowest BCUT2D eigenvalue weighted by Crippen LogP contribution is -2.29. The zero-order valence-electron chi connectivity index (χ0n) is 7.25. The van der Waals surface area contributed by atoms with E-state index in [9.17, 15) is 20.0 Å². The summed E-state index contributed by atoms with van der Waals surface area (Å²) < 4.78 is -2.29. The molecule has 15 heavy (non-hydrogen) atoms. The minimum Gasteiger partial charge on any atom is -0.478 e. The standard InChI is InChI=1S/C8H6INO5/c9-8(13,7(11)12)5-3-1-2-4-6(5)10(14)15/h1-4,13H,(H,11,12). The molecule has 1 atom stereocenters. The third-order valence-electron chi connectivity index (χ3n) is 1.74. The van der Waals surface area contributed by atoms with E-state index in [-0.39, 0.29) is 5.56 Å². The van der Waals surface area contributed by atoms with Crippen molar-refractivity contribution >= 4 is 34.2 Å². The van der Waals surface area contributed by atoms with Gasteiger partial charge in [-0.05, 0) is 28.7 Å². The van der Waals surface area contributed by atoms with E-state index in [0.717, 1.165) is 6.07 Å². The maximum absolute atomic E-state index is 10.7. The predicted molar refractivity (Wildman–Crippen MR) is 58.6 cm³/mol. The summed E-state index contributed by atoms with van der Waals surface area (Å²) >= 11 is 1.24. The van der Waals surface area contributed by atoms with E-state index in [0.29, 0.717) is 0 Å². The first-order chi connectivity index (χ1) is 6.87. The van der Waals surface area contributed by atoms with Crippen LogP contribution in [0.4, 0.5) is 5.69 Å². The van der Waals surface area contributed by atoms with E-state index in [1.807, 2.05) is 0 Å². The van der Waals surface area contributed by atoms with Gasteiger partial charge in [-0.1, -0.05) is 12.1 Å². The smallest absolute Gasteiger partial charge is 0.351 e. The molecular weight excluding hydrogens is 317 g/mol. The molecule has 1 rings (SSSR count). The molecule has 0 spiro atoms. The number of benzene rings is 1. The molecule has 0 radical (unpaired) electrons. The Hall–Kier alpha value is -1.22. The molecule has 0 saturated heterocycles. The van der Waals surface area contributed by atoms with Crippen LogP contribution >= 0.6 is 22.6 Å². The first-order valence-corrected chi connectivity index (χ1v) is 4.84. The Morgan fingerprint density at radius 3 is 2.47 bits per heavy atom. The molecule has 1 unspecified atom stereocenters. The molecule has 7 heteroatoms. The molecule has 0 aliphatic heterocycles. The molecule has 1 aromatic rings. The predicted octanol–water partition coefficient (Wildman–Crippen LogP) is 1.26. The first-order valence-electron chi connectivity index (χ1n) is 3.76. The summed E-state index contributed by atoms with van der Waals surface area (Å²) in [6.45, 7) is 0. The number of aliphatic carboxylic acids is 1. The van der Waals surface area contributed by atoms with E-state index in [1.165, 1.54) is 40.8 Å². The van der Waals surface area contributed by atoms with Crippen molar-refractivity contribution in [2.24, 2.45) is 0 Å². The fourth-order valence-electron chi connectivity index (χ4n) is 1.03. The largest absolute Gasteiger partial charge is 0.478 e. The number of nitro groups is 1. The number of alkyl halides is 1. The number of rotatable bonds is 3. The topological polar surface area (TPSA) is 101 Å². The van der Waals surface area contributed by atoms with Gasteiger partial charge >= 0.3 is 5.97 Å². The number of hydrogen-bond acceptors (Lipinski definition) is 4. The zero-order chi connectivity index (χ0) is 11.6. The number of carbonyl (C=O) groups is 1. The Kier molecular flexibility index (Phi) is 3.25. The Bertz CT molecular complexity index is 417. The van der Waals surface area contributed by atoms with Crippen LogP contribution in [0.5, 0.6) is 0 Å². The summed E-state index contributed by atoms with van der Waals surface area (Å²) in [5.41, 5.74) is -0.667. The summed E-state index contributed by atoms with van der Waals surface area (Å²) in [6.07, 6.45) is 0. The van der Waals surface area contributed by atoms with Crippen molar-refractivity contribution in [2.45, 2.75) is 3.61 Å². The fourth-order valence-corrected chi connectivity index (χ4v) is 1.48.